The molecule has 0 saturated carbocycles. The third-order valence-electron chi connectivity index (χ3n) is 5.42. The Balaban J connectivity index is 0.00000578. The van der Waals surface area contributed by atoms with Gasteiger partial charge in [-0.05, 0) is 60.7 Å². The fourth-order valence-electron chi connectivity index (χ4n) is 2.93. The van der Waals surface area contributed by atoms with Crippen LogP contribution in [0.15, 0.2) is 30.3 Å². The van der Waals surface area contributed by atoms with E-state index < -0.39 is 0 Å². The van der Waals surface area contributed by atoms with E-state index in [-0.39, 0.29) is 51.3 Å². The molecule has 0 spiro atoms. The molecule has 4 atom stereocenters. The summed E-state index contributed by atoms with van der Waals surface area (Å²) in [4.78, 5) is 13.4. The molecule has 0 saturated heterocycles. The van der Waals surface area contributed by atoms with Crippen molar-refractivity contribution in [2.75, 3.05) is 7.11 Å². The van der Waals surface area contributed by atoms with Crippen molar-refractivity contribution in [1.82, 2.24) is 0 Å². The molecule has 1 radical (unpaired) electrons. The Morgan fingerprint density at radius 2 is 1.38 bits per heavy atom. The molecule has 0 bridgehead atoms. The van der Waals surface area contributed by atoms with E-state index >= 15 is 0 Å². The van der Waals surface area contributed by atoms with Crippen molar-refractivity contribution < 1.29 is 23.7 Å². The minimum atomic E-state index is -0.265. The van der Waals surface area contributed by atoms with Crippen LogP contribution in [0.5, 0.6) is 23.0 Å². The van der Waals surface area contributed by atoms with Crippen molar-refractivity contribution in [1.29, 1.82) is 0 Å². The first-order valence-electron chi connectivity index (χ1n) is 11.6. The van der Waals surface area contributed by atoms with Gasteiger partial charge >= 0.3 is 0 Å². The molecule has 34 heavy (non-hydrogen) atoms. The summed E-state index contributed by atoms with van der Waals surface area (Å²) in [5, 5.41) is 1.07. The molecule has 0 aliphatic rings. The van der Waals surface area contributed by atoms with E-state index in [0.717, 1.165) is 19.3 Å². The summed E-state index contributed by atoms with van der Waals surface area (Å²) in [6.07, 6.45) is 2.50. The first-order valence-corrected chi connectivity index (χ1v) is 12.9. The van der Waals surface area contributed by atoms with Crippen molar-refractivity contribution in [2.45, 2.75) is 79.1 Å². The average molecular weight is 502 g/mol. The second kappa shape index (κ2) is 14.9. The van der Waals surface area contributed by atoms with Gasteiger partial charge in [-0.3, -0.25) is 4.79 Å². The van der Waals surface area contributed by atoms with Gasteiger partial charge in [-0.15, -0.1) is 0 Å². The molecule has 0 fully saturated rings. The van der Waals surface area contributed by atoms with Crippen LogP contribution in [0.4, 0.5) is 0 Å². The maximum absolute atomic E-state index is 13.4. The van der Waals surface area contributed by atoms with Crippen LogP contribution in [-0.2, 0) is 0 Å². The molecule has 0 aliphatic heterocycles. The van der Waals surface area contributed by atoms with E-state index in [1.54, 1.807) is 18.2 Å². The van der Waals surface area contributed by atoms with Gasteiger partial charge in [0.15, 0.2) is 5.52 Å². The molecule has 2 aromatic carbocycles. The SMILES string of the molecule is CCC(C)Oc1cc(OC(C)CC)c(PC(=O)c2c(Cl)cccc2OC)c(OC(C)CC)c1.[Li]. The molecule has 5 nitrogen and oxygen atoms in total. The summed E-state index contributed by atoms with van der Waals surface area (Å²) in [7, 11) is 1.26. The predicted octanol–water partition coefficient (Wildman–Crippen LogP) is 6.64. The van der Waals surface area contributed by atoms with E-state index in [4.69, 9.17) is 30.5 Å². The van der Waals surface area contributed by atoms with Crippen LogP contribution in [-0.4, -0.2) is 49.8 Å². The molecule has 0 amide bonds. The van der Waals surface area contributed by atoms with Crippen LogP contribution in [0.3, 0.4) is 0 Å². The Labute approximate surface area is 223 Å². The van der Waals surface area contributed by atoms with Gasteiger partial charge in [0.25, 0.3) is 0 Å². The van der Waals surface area contributed by atoms with E-state index in [1.807, 2.05) is 32.9 Å². The number of hydrogen-bond donors (Lipinski definition) is 0. The molecule has 0 heterocycles. The fourth-order valence-corrected chi connectivity index (χ4v) is 4.38. The van der Waals surface area contributed by atoms with Crippen LogP contribution in [0.1, 0.15) is 71.2 Å². The average Bonchev–Trinajstić information content (AvgIpc) is 2.80. The van der Waals surface area contributed by atoms with Crippen molar-refractivity contribution in [2.24, 2.45) is 0 Å². The number of carbonyl (C=O) groups is 1. The zero-order valence-corrected chi connectivity index (χ0v) is 23.4. The summed E-state index contributed by atoms with van der Waals surface area (Å²) in [5.41, 5.74) is 0.222. The third kappa shape index (κ3) is 8.38. The van der Waals surface area contributed by atoms with Gasteiger partial charge in [-0.2, -0.15) is 0 Å². The normalized spacial score (nSPS) is 13.6. The van der Waals surface area contributed by atoms with Crippen LogP contribution in [0.2, 0.25) is 5.02 Å². The largest absolute Gasteiger partial charge is 0.496 e. The van der Waals surface area contributed by atoms with Gasteiger partial charge in [0.1, 0.15) is 23.0 Å². The number of rotatable bonds is 13. The zero-order chi connectivity index (χ0) is 24.5. The monoisotopic (exact) mass is 501 g/mol. The molecule has 8 heteroatoms. The topological polar surface area (TPSA) is 54.0 Å². The van der Waals surface area contributed by atoms with Gasteiger partial charge < -0.3 is 18.9 Å². The summed E-state index contributed by atoms with van der Waals surface area (Å²) in [6, 6.07) is 8.91. The van der Waals surface area contributed by atoms with Gasteiger partial charge in [0.2, 0.25) is 0 Å². The van der Waals surface area contributed by atoms with Gasteiger partial charge in [0, 0.05) is 31.0 Å². The second-order valence-electron chi connectivity index (χ2n) is 8.08. The molecule has 0 aliphatic carbocycles. The maximum atomic E-state index is 13.4. The summed E-state index contributed by atoms with van der Waals surface area (Å²) < 4.78 is 24.0. The Kier molecular flexibility index (Phi) is 13.4. The van der Waals surface area contributed by atoms with Gasteiger partial charge in [0.05, 0.1) is 41.3 Å². The minimum Gasteiger partial charge on any atom is -0.496 e. The Morgan fingerprint density at radius 3 is 1.85 bits per heavy atom. The third-order valence-corrected chi connectivity index (χ3v) is 6.95. The number of halogens is 1. The molecule has 2 rings (SSSR count). The van der Waals surface area contributed by atoms with Gasteiger partial charge in [-0.1, -0.05) is 38.4 Å². The summed E-state index contributed by atoms with van der Waals surface area (Å²) in [5.74, 6) is 2.31. The molecule has 0 aromatic heterocycles. The molecule has 4 unspecified atom stereocenters. The number of hydrogen-bond acceptors (Lipinski definition) is 5. The number of ether oxygens (including phenoxy) is 4. The summed E-state index contributed by atoms with van der Waals surface area (Å²) in [6.45, 7) is 12.2. The van der Waals surface area contributed by atoms with Crippen molar-refractivity contribution in [3.63, 3.8) is 0 Å². The van der Waals surface area contributed by atoms with E-state index in [0.29, 0.717) is 38.9 Å². The smallest absolute Gasteiger partial charge is 0.191 e. The van der Waals surface area contributed by atoms with Crippen LogP contribution < -0.4 is 24.3 Å². The van der Waals surface area contributed by atoms with Crippen LogP contribution in [0.25, 0.3) is 0 Å². The maximum Gasteiger partial charge on any atom is 0.191 e. The molecule has 2 aromatic rings. The number of benzene rings is 2. The Hall–Kier alpha value is -1.37. The van der Waals surface area contributed by atoms with E-state index in [2.05, 4.69) is 20.8 Å². The standard InChI is InChI=1S/C26H36ClO5P.Li/c1-8-16(4)30-19-14-22(31-17(5)9-2)25(23(15-19)32-18(6)10-3)33-26(28)24-20(27)12-11-13-21(24)29-7;/h11-18,33H,8-10H2,1-7H3;. The fraction of sp³-hybridized carbons (Fsp3) is 0.500. The molecule has 0 N–H and O–H groups in total. The summed E-state index contributed by atoms with van der Waals surface area (Å²) >= 11 is 6.38. The van der Waals surface area contributed by atoms with E-state index in [1.165, 1.54) is 7.11 Å². The van der Waals surface area contributed by atoms with Crippen molar-refractivity contribution >= 4 is 49.9 Å². The van der Waals surface area contributed by atoms with Crippen LogP contribution in [0, 0.1) is 0 Å². The number of methoxy groups -OCH3 is 1. The van der Waals surface area contributed by atoms with Crippen molar-refractivity contribution in [3.05, 3.63) is 40.9 Å². The molecular weight excluding hydrogens is 466 g/mol. The second-order valence-corrected chi connectivity index (χ2v) is 9.69. The predicted molar refractivity (Wildman–Crippen MR) is 144 cm³/mol. The quantitative estimate of drug-likeness (QED) is 0.227. The zero-order valence-electron chi connectivity index (χ0n) is 21.7. The van der Waals surface area contributed by atoms with Gasteiger partial charge in [-0.25, -0.2) is 0 Å². The number of carbonyl (C=O) groups excluding carboxylic acids is 1. The van der Waals surface area contributed by atoms with Crippen molar-refractivity contribution in [3.8, 4) is 23.0 Å². The molecular formula is C26H36ClLiO5P. The Bertz CT molecular complexity index is 906. The van der Waals surface area contributed by atoms with Crippen LogP contribution >= 0.6 is 20.2 Å². The first kappa shape index (κ1) is 30.7. The first-order chi connectivity index (χ1) is 15.7. The van der Waals surface area contributed by atoms with E-state index in [9.17, 15) is 4.79 Å². The molecule has 183 valence electrons. The Morgan fingerprint density at radius 1 is 0.882 bits per heavy atom. The minimum absolute atomic E-state index is 0.